The number of hydrogen-bond acceptors (Lipinski definition) is 5. The molecule has 0 aromatic carbocycles. The van der Waals surface area contributed by atoms with Crippen LogP contribution in [0, 0.1) is 0 Å². The monoisotopic (exact) mass is 252 g/mol. The van der Waals surface area contributed by atoms with Crippen molar-refractivity contribution in [2.75, 3.05) is 28.7 Å². The molecule has 2 rings (SSSR count). The zero-order chi connectivity index (χ0) is 11.9. The zero-order valence-corrected chi connectivity index (χ0v) is 11.1. The Kier molecular flexibility index (Phi) is 4.91. The van der Waals surface area contributed by atoms with Crippen molar-refractivity contribution in [1.82, 2.24) is 9.97 Å². The van der Waals surface area contributed by atoms with E-state index in [2.05, 4.69) is 27.5 Å². The molecule has 1 aromatic rings. The fraction of sp³-hybridized carbons (Fsp3) is 0.667. The number of hydrogen-bond donors (Lipinski definition) is 2. The van der Waals surface area contributed by atoms with E-state index in [-0.39, 0.29) is 0 Å². The maximum Gasteiger partial charge on any atom is 0.147 e. The number of nitrogens with zero attached hydrogens (tertiary/aromatic N) is 2. The Morgan fingerprint density at radius 1 is 1.29 bits per heavy atom. The topological polar surface area (TPSA) is 49.8 Å². The van der Waals surface area contributed by atoms with Crippen molar-refractivity contribution in [3.05, 3.63) is 12.4 Å². The van der Waals surface area contributed by atoms with Gasteiger partial charge in [0.05, 0.1) is 12.4 Å². The van der Waals surface area contributed by atoms with Gasteiger partial charge in [0.2, 0.25) is 0 Å². The highest BCUT2D eigenvalue weighted by Crippen LogP contribution is 2.20. The van der Waals surface area contributed by atoms with Gasteiger partial charge in [-0.3, -0.25) is 4.98 Å². The van der Waals surface area contributed by atoms with Gasteiger partial charge in [0.1, 0.15) is 11.6 Å². The third-order valence-electron chi connectivity index (χ3n) is 2.76. The van der Waals surface area contributed by atoms with Crippen molar-refractivity contribution in [2.45, 2.75) is 32.2 Å². The summed E-state index contributed by atoms with van der Waals surface area (Å²) in [7, 11) is 0. The average Bonchev–Trinajstić information content (AvgIpc) is 2.38. The molecule has 0 radical (unpaired) electrons. The van der Waals surface area contributed by atoms with Crippen LogP contribution in [0.25, 0.3) is 0 Å². The molecule has 1 aromatic heterocycles. The highest BCUT2D eigenvalue weighted by Gasteiger charge is 2.13. The minimum Gasteiger partial charge on any atom is -0.369 e. The van der Waals surface area contributed by atoms with E-state index >= 15 is 0 Å². The molecule has 1 saturated heterocycles. The highest BCUT2D eigenvalue weighted by molar-refractivity contribution is 7.99. The van der Waals surface area contributed by atoms with Crippen molar-refractivity contribution in [2.24, 2.45) is 0 Å². The quantitative estimate of drug-likeness (QED) is 0.843. The van der Waals surface area contributed by atoms with Gasteiger partial charge in [0.25, 0.3) is 0 Å². The maximum absolute atomic E-state index is 4.51. The van der Waals surface area contributed by atoms with Crippen LogP contribution in [0.4, 0.5) is 11.6 Å². The van der Waals surface area contributed by atoms with Crippen LogP contribution in [0.3, 0.4) is 0 Å². The molecule has 0 amide bonds. The van der Waals surface area contributed by atoms with E-state index in [1.165, 1.54) is 24.3 Å². The van der Waals surface area contributed by atoms with Gasteiger partial charge in [-0.1, -0.05) is 6.92 Å². The van der Waals surface area contributed by atoms with Crippen molar-refractivity contribution < 1.29 is 0 Å². The number of thioether (sulfide) groups is 1. The number of aromatic nitrogens is 2. The lowest BCUT2D eigenvalue weighted by atomic mass is 10.1. The molecule has 0 spiro atoms. The van der Waals surface area contributed by atoms with Crippen LogP contribution in [0.5, 0.6) is 0 Å². The van der Waals surface area contributed by atoms with Crippen LogP contribution in [-0.2, 0) is 0 Å². The Labute approximate surface area is 107 Å². The molecule has 4 nitrogen and oxygen atoms in total. The second-order valence-electron chi connectivity index (χ2n) is 4.25. The van der Waals surface area contributed by atoms with E-state index < -0.39 is 0 Å². The summed E-state index contributed by atoms with van der Waals surface area (Å²) < 4.78 is 0. The second-order valence-corrected chi connectivity index (χ2v) is 5.47. The van der Waals surface area contributed by atoms with Crippen LogP contribution >= 0.6 is 11.8 Å². The first-order chi connectivity index (χ1) is 8.38. The molecule has 5 heteroatoms. The number of nitrogens with one attached hydrogen (secondary N) is 2. The maximum atomic E-state index is 4.51. The predicted molar refractivity (Wildman–Crippen MR) is 74.8 cm³/mol. The zero-order valence-electron chi connectivity index (χ0n) is 10.3. The molecule has 94 valence electrons. The molecule has 2 N–H and O–H groups in total. The van der Waals surface area contributed by atoms with Gasteiger partial charge in [-0.05, 0) is 30.8 Å². The van der Waals surface area contributed by atoms with Gasteiger partial charge in [-0.15, -0.1) is 0 Å². The first kappa shape index (κ1) is 12.5. The summed E-state index contributed by atoms with van der Waals surface area (Å²) in [6, 6.07) is 0.562. The highest BCUT2D eigenvalue weighted by atomic mass is 32.2. The van der Waals surface area contributed by atoms with Crippen molar-refractivity contribution in [1.29, 1.82) is 0 Å². The van der Waals surface area contributed by atoms with Gasteiger partial charge in [0, 0.05) is 12.6 Å². The van der Waals surface area contributed by atoms with Crippen molar-refractivity contribution >= 4 is 23.4 Å². The Morgan fingerprint density at radius 2 is 2.06 bits per heavy atom. The van der Waals surface area contributed by atoms with Crippen LogP contribution in [0.2, 0.25) is 0 Å². The summed E-state index contributed by atoms with van der Waals surface area (Å²) in [5.41, 5.74) is 0. The average molecular weight is 252 g/mol. The van der Waals surface area contributed by atoms with E-state index in [4.69, 9.17) is 0 Å². The lowest BCUT2D eigenvalue weighted by molar-refractivity contribution is 0.663. The third kappa shape index (κ3) is 4.07. The standard InChI is InChI=1S/C12H20N4S/c1-2-5-14-11-8-13-9-12(16-11)15-10-3-6-17-7-4-10/h8-10H,2-7H2,1H3,(H2,14,15,16). The Bertz CT molecular complexity index is 339. The molecule has 2 heterocycles. The molecule has 17 heavy (non-hydrogen) atoms. The molecule has 1 aliphatic rings. The van der Waals surface area contributed by atoms with Gasteiger partial charge >= 0.3 is 0 Å². The van der Waals surface area contributed by atoms with Crippen LogP contribution in [0.1, 0.15) is 26.2 Å². The van der Waals surface area contributed by atoms with Gasteiger partial charge < -0.3 is 10.6 Å². The minimum atomic E-state index is 0.562. The summed E-state index contributed by atoms with van der Waals surface area (Å²) in [5.74, 6) is 4.25. The molecule has 0 unspecified atom stereocenters. The second kappa shape index (κ2) is 6.69. The minimum absolute atomic E-state index is 0.562. The van der Waals surface area contributed by atoms with Crippen molar-refractivity contribution in [3.63, 3.8) is 0 Å². The molecule has 0 atom stereocenters. The fourth-order valence-electron chi connectivity index (χ4n) is 1.82. The van der Waals surface area contributed by atoms with Gasteiger partial charge in [0.15, 0.2) is 0 Å². The molecular weight excluding hydrogens is 232 g/mol. The van der Waals surface area contributed by atoms with Crippen LogP contribution < -0.4 is 10.6 Å². The molecular formula is C12H20N4S. The lowest BCUT2D eigenvalue weighted by Gasteiger charge is -2.23. The number of rotatable bonds is 5. The van der Waals surface area contributed by atoms with Gasteiger partial charge in [-0.2, -0.15) is 11.8 Å². The van der Waals surface area contributed by atoms with Gasteiger partial charge in [-0.25, -0.2) is 4.98 Å². The third-order valence-corrected chi connectivity index (χ3v) is 3.81. The van der Waals surface area contributed by atoms with E-state index in [0.717, 1.165) is 24.6 Å². The summed E-state index contributed by atoms with van der Waals surface area (Å²) in [4.78, 5) is 8.72. The van der Waals surface area contributed by atoms with E-state index in [1.54, 1.807) is 12.4 Å². The van der Waals surface area contributed by atoms with E-state index in [1.807, 2.05) is 11.8 Å². The molecule has 1 fully saturated rings. The SMILES string of the molecule is CCCNc1cncc(NC2CCSCC2)n1. The fourth-order valence-corrected chi connectivity index (χ4v) is 2.93. The molecule has 0 aliphatic carbocycles. The molecule has 0 bridgehead atoms. The van der Waals surface area contributed by atoms with Crippen LogP contribution in [-0.4, -0.2) is 34.1 Å². The summed E-state index contributed by atoms with van der Waals surface area (Å²) in [5, 5.41) is 6.72. The first-order valence-electron chi connectivity index (χ1n) is 6.28. The smallest absolute Gasteiger partial charge is 0.147 e. The predicted octanol–water partition coefficient (Wildman–Crippen LogP) is 2.61. The van der Waals surface area contributed by atoms with E-state index in [9.17, 15) is 0 Å². The largest absolute Gasteiger partial charge is 0.369 e. The molecule has 1 aliphatic heterocycles. The Balaban J connectivity index is 1.90. The Morgan fingerprint density at radius 3 is 2.82 bits per heavy atom. The first-order valence-corrected chi connectivity index (χ1v) is 7.44. The lowest BCUT2D eigenvalue weighted by Crippen LogP contribution is -2.25. The summed E-state index contributed by atoms with van der Waals surface area (Å²) in [6.07, 6.45) is 7.12. The van der Waals surface area contributed by atoms with Crippen LogP contribution in [0.15, 0.2) is 12.4 Å². The summed E-state index contributed by atoms with van der Waals surface area (Å²) in [6.45, 7) is 3.08. The molecule has 0 saturated carbocycles. The van der Waals surface area contributed by atoms with Crippen molar-refractivity contribution in [3.8, 4) is 0 Å². The Hall–Kier alpha value is -0.970. The number of anilines is 2. The van der Waals surface area contributed by atoms with E-state index in [0.29, 0.717) is 6.04 Å². The normalized spacial score (nSPS) is 16.8. The summed E-state index contributed by atoms with van der Waals surface area (Å²) >= 11 is 2.04.